The van der Waals surface area contributed by atoms with E-state index in [-0.39, 0.29) is 11.7 Å². The van der Waals surface area contributed by atoms with E-state index in [4.69, 9.17) is 12.2 Å². The van der Waals surface area contributed by atoms with Gasteiger partial charge in [-0.05, 0) is 58.6 Å². The molecule has 0 aromatic heterocycles. The van der Waals surface area contributed by atoms with Crippen LogP contribution in [0.25, 0.3) is 6.08 Å². The van der Waals surface area contributed by atoms with Crippen molar-refractivity contribution in [3.63, 3.8) is 0 Å². The van der Waals surface area contributed by atoms with E-state index >= 15 is 0 Å². The first-order valence-corrected chi connectivity index (χ1v) is 6.27. The van der Waals surface area contributed by atoms with Gasteiger partial charge in [0.2, 0.25) is 0 Å². The first kappa shape index (κ1) is 12.3. The molecule has 88 valence electrons. The second-order valence-corrected chi connectivity index (χ2v) is 5.11. The van der Waals surface area contributed by atoms with Gasteiger partial charge in [-0.1, -0.05) is 6.07 Å². The van der Waals surface area contributed by atoms with Crippen molar-refractivity contribution in [2.24, 2.45) is 0 Å². The number of likely N-dealkylation sites (N-methyl/N-ethyl adjacent to an activating group) is 1. The Morgan fingerprint density at radius 1 is 1.53 bits per heavy atom. The van der Waals surface area contributed by atoms with E-state index < -0.39 is 0 Å². The van der Waals surface area contributed by atoms with Crippen molar-refractivity contribution < 1.29 is 9.90 Å². The summed E-state index contributed by atoms with van der Waals surface area (Å²) in [6.07, 6.45) is 1.71. The fourth-order valence-corrected chi connectivity index (χ4v) is 2.14. The largest absolute Gasteiger partial charge is 0.507 e. The maximum atomic E-state index is 11.7. The SMILES string of the molecule is CN1C(=O)/C(=C\c2ccc(O)c(I)c2)NC1=S. The zero-order chi connectivity index (χ0) is 12.6. The second kappa shape index (κ2) is 4.61. The van der Waals surface area contributed by atoms with Crippen molar-refractivity contribution in [3.05, 3.63) is 33.0 Å². The van der Waals surface area contributed by atoms with Gasteiger partial charge < -0.3 is 10.4 Å². The summed E-state index contributed by atoms with van der Waals surface area (Å²) < 4.78 is 0.735. The van der Waals surface area contributed by atoms with E-state index in [2.05, 4.69) is 5.32 Å². The minimum atomic E-state index is -0.155. The van der Waals surface area contributed by atoms with Crippen LogP contribution in [0, 0.1) is 3.57 Å². The standard InChI is InChI=1S/C11H9IN2O2S/c1-14-10(16)8(13-11(14)17)5-6-2-3-9(15)7(12)4-6/h2-5,15H,1H3,(H,13,17)/b8-5+. The van der Waals surface area contributed by atoms with Gasteiger partial charge in [0.15, 0.2) is 5.11 Å². The molecule has 1 saturated heterocycles. The van der Waals surface area contributed by atoms with Crippen LogP contribution >= 0.6 is 34.8 Å². The minimum Gasteiger partial charge on any atom is -0.507 e. The number of phenols is 1. The molecule has 0 bridgehead atoms. The van der Waals surface area contributed by atoms with Crippen LogP contribution < -0.4 is 5.32 Å². The summed E-state index contributed by atoms with van der Waals surface area (Å²) in [4.78, 5) is 13.1. The Kier molecular flexibility index (Phi) is 3.34. The van der Waals surface area contributed by atoms with Crippen LogP contribution in [0.5, 0.6) is 5.75 Å². The van der Waals surface area contributed by atoms with Gasteiger partial charge in [-0.15, -0.1) is 0 Å². The highest BCUT2D eigenvalue weighted by atomic mass is 127. The van der Waals surface area contributed by atoms with Crippen molar-refractivity contribution in [1.29, 1.82) is 0 Å². The highest BCUT2D eigenvalue weighted by Gasteiger charge is 2.26. The van der Waals surface area contributed by atoms with Crippen molar-refractivity contribution in [1.82, 2.24) is 10.2 Å². The molecule has 1 amide bonds. The number of amides is 1. The lowest BCUT2D eigenvalue weighted by Gasteiger charge is -2.02. The topological polar surface area (TPSA) is 52.6 Å². The Morgan fingerprint density at radius 3 is 2.76 bits per heavy atom. The van der Waals surface area contributed by atoms with Crippen LogP contribution in [0.4, 0.5) is 0 Å². The number of hydrogen-bond acceptors (Lipinski definition) is 3. The molecule has 1 aliphatic rings. The highest BCUT2D eigenvalue weighted by molar-refractivity contribution is 14.1. The number of hydrogen-bond donors (Lipinski definition) is 2. The summed E-state index contributed by atoms with van der Waals surface area (Å²) >= 11 is 7.00. The van der Waals surface area contributed by atoms with E-state index in [1.54, 1.807) is 31.3 Å². The molecule has 6 heteroatoms. The molecule has 0 saturated carbocycles. The van der Waals surface area contributed by atoms with Crippen molar-refractivity contribution in [2.75, 3.05) is 7.05 Å². The fraction of sp³-hybridized carbons (Fsp3) is 0.0909. The molecule has 0 aliphatic carbocycles. The molecule has 1 heterocycles. The Balaban J connectivity index is 2.34. The van der Waals surface area contributed by atoms with Gasteiger partial charge in [0.1, 0.15) is 11.4 Å². The van der Waals surface area contributed by atoms with Crippen LogP contribution in [0.1, 0.15) is 5.56 Å². The van der Waals surface area contributed by atoms with Crippen LogP contribution in [0.15, 0.2) is 23.9 Å². The predicted octanol–water partition coefficient (Wildman–Crippen LogP) is 1.68. The van der Waals surface area contributed by atoms with Gasteiger partial charge in [-0.2, -0.15) is 0 Å². The Hall–Kier alpha value is -1.15. The third kappa shape index (κ3) is 2.42. The normalized spacial score (nSPS) is 17.8. The van der Waals surface area contributed by atoms with E-state index in [1.165, 1.54) is 4.90 Å². The molecule has 4 nitrogen and oxygen atoms in total. The van der Waals surface area contributed by atoms with Crippen molar-refractivity contribution in [3.8, 4) is 5.75 Å². The average Bonchev–Trinajstić information content (AvgIpc) is 2.52. The number of nitrogens with zero attached hydrogens (tertiary/aromatic N) is 1. The fourth-order valence-electron chi connectivity index (χ4n) is 1.40. The monoisotopic (exact) mass is 360 g/mol. The molecule has 2 N–H and O–H groups in total. The zero-order valence-corrected chi connectivity index (χ0v) is 11.9. The number of rotatable bonds is 1. The summed E-state index contributed by atoms with van der Waals surface area (Å²) in [5, 5.41) is 12.6. The first-order valence-electron chi connectivity index (χ1n) is 4.78. The zero-order valence-electron chi connectivity index (χ0n) is 8.90. The molecule has 1 fully saturated rings. The van der Waals surface area contributed by atoms with Gasteiger partial charge in [0.05, 0.1) is 3.57 Å². The Labute approximate surface area is 117 Å². The van der Waals surface area contributed by atoms with Gasteiger partial charge in [-0.25, -0.2) is 0 Å². The van der Waals surface area contributed by atoms with Gasteiger partial charge in [0.25, 0.3) is 5.91 Å². The number of nitrogens with one attached hydrogen (secondary N) is 1. The quantitative estimate of drug-likeness (QED) is 0.455. The maximum absolute atomic E-state index is 11.7. The third-order valence-electron chi connectivity index (χ3n) is 2.36. The lowest BCUT2D eigenvalue weighted by atomic mass is 10.2. The van der Waals surface area contributed by atoms with Crippen molar-refractivity contribution in [2.45, 2.75) is 0 Å². The second-order valence-electron chi connectivity index (χ2n) is 3.56. The smallest absolute Gasteiger partial charge is 0.276 e. The molecule has 2 rings (SSSR count). The lowest BCUT2D eigenvalue weighted by molar-refractivity contribution is -0.121. The Bertz CT molecular complexity index is 542. The number of phenolic OH excluding ortho intramolecular Hbond substituents is 1. The number of carbonyl (C=O) groups is 1. The molecular weight excluding hydrogens is 351 g/mol. The van der Waals surface area contributed by atoms with Gasteiger partial charge in [-0.3, -0.25) is 9.69 Å². The maximum Gasteiger partial charge on any atom is 0.276 e. The first-order chi connectivity index (χ1) is 7.99. The van der Waals surface area contributed by atoms with Crippen LogP contribution in [-0.4, -0.2) is 28.1 Å². The number of carbonyl (C=O) groups excluding carboxylic acids is 1. The highest BCUT2D eigenvalue weighted by Crippen LogP contribution is 2.22. The molecule has 1 aromatic carbocycles. The molecular formula is C11H9IN2O2S. The van der Waals surface area contributed by atoms with Crippen LogP contribution in [0.2, 0.25) is 0 Å². The summed E-state index contributed by atoms with van der Waals surface area (Å²) in [6.45, 7) is 0. The molecule has 0 atom stereocenters. The number of halogens is 1. The number of benzene rings is 1. The summed E-state index contributed by atoms with van der Waals surface area (Å²) in [5.41, 5.74) is 1.28. The van der Waals surface area contributed by atoms with E-state index in [9.17, 15) is 9.90 Å². The predicted molar refractivity (Wildman–Crippen MR) is 77.3 cm³/mol. The van der Waals surface area contributed by atoms with E-state index in [1.807, 2.05) is 22.6 Å². The van der Waals surface area contributed by atoms with E-state index in [0.717, 1.165) is 9.13 Å². The van der Waals surface area contributed by atoms with Gasteiger partial charge >= 0.3 is 0 Å². The van der Waals surface area contributed by atoms with Crippen molar-refractivity contribution >= 4 is 51.9 Å². The lowest BCUT2D eigenvalue weighted by Crippen LogP contribution is -2.25. The molecule has 1 aliphatic heterocycles. The van der Waals surface area contributed by atoms with Gasteiger partial charge in [0, 0.05) is 7.05 Å². The van der Waals surface area contributed by atoms with Crippen LogP contribution in [-0.2, 0) is 4.79 Å². The molecule has 0 radical (unpaired) electrons. The summed E-state index contributed by atoms with van der Waals surface area (Å²) in [5.74, 6) is 0.0733. The average molecular weight is 360 g/mol. The van der Waals surface area contributed by atoms with Crippen LogP contribution in [0.3, 0.4) is 0 Å². The summed E-state index contributed by atoms with van der Waals surface area (Å²) in [7, 11) is 1.62. The molecule has 17 heavy (non-hydrogen) atoms. The minimum absolute atomic E-state index is 0.155. The third-order valence-corrected chi connectivity index (χ3v) is 3.60. The molecule has 1 aromatic rings. The summed E-state index contributed by atoms with van der Waals surface area (Å²) in [6, 6.07) is 5.12. The van der Waals surface area contributed by atoms with E-state index in [0.29, 0.717) is 10.8 Å². The number of thiocarbonyl (C=S) groups is 1. The molecule has 0 unspecified atom stereocenters. The number of aromatic hydroxyl groups is 1. The molecule has 0 spiro atoms. The Morgan fingerprint density at radius 2 is 2.24 bits per heavy atom.